The van der Waals surface area contributed by atoms with Crippen LogP contribution in [0.5, 0.6) is 0 Å². The smallest absolute Gasteiger partial charge is 0.313 e. The average molecular weight is 225 g/mol. The van der Waals surface area contributed by atoms with Gasteiger partial charge in [-0.25, -0.2) is 0 Å². The first-order chi connectivity index (χ1) is 7.09. The van der Waals surface area contributed by atoms with Crippen LogP contribution in [-0.4, -0.2) is 22.7 Å². The normalized spacial score (nSPS) is 9.87. The Labute approximate surface area is 91.5 Å². The Kier molecular flexibility index (Phi) is 4.17. The number of rotatable bonds is 5. The molecule has 0 saturated heterocycles. The standard InChI is InChI=1S/C10H11NO3S/c11-10(14)8-3-1-2-7(4-8)5-15-6-9(12)13/h1-4H,5-6H2,(H2,11,14)(H,12,13). The highest BCUT2D eigenvalue weighted by Gasteiger charge is 2.02. The van der Waals surface area contributed by atoms with Crippen LogP contribution in [0.1, 0.15) is 15.9 Å². The topological polar surface area (TPSA) is 80.4 Å². The summed E-state index contributed by atoms with van der Waals surface area (Å²) in [5.74, 6) is -0.694. The molecule has 15 heavy (non-hydrogen) atoms. The Hall–Kier alpha value is -1.49. The fourth-order valence-corrected chi connectivity index (χ4v) is 1.76. The third kappa shape index (κ3) is 4.03. The van der Waals surface area contributed by atoms with Gasteiger partial charge in [0.25, 0.3) is 0 Å². The van der Waals surface area contributed by atoms with Crippen molar-refractivity contribution in [2.45, 2.75) is 5.75 Å². The Morgan fingerprint density at radius 2 is 2.13 bits per heavy atom. The number of carboxylic acids is 1. The fourth-order valence-electron chi connectivity index (χ4n) is 1.07. The number of hydrogen-bond acceptors (Lipinski definition) is 3. The number of hydrogen-bond donors (Lipinski definition) is 2. The molecule has 4 nitrogen and oxygen atoms in total. The molecule has 80 valence electrons. The van der Waals surface area contributed by atoms with Gasteiger partial charge in [0, 0.05) is 11.3 Å². The molecule has 0 spiro atoms. The average Bonchev–Trinajstić information content (AvgIpc) is 2.17. The maximum absolute atomic E-state index is 10.9. The molecule has 0 bridgehead atoms. The van der Waals surface area contributed by atoms with Gasteiger partial charge in [0.05, 0.1) is 5.75 Å². The van der Waals surface area contributed by atoms with Crippen molar-refractivity contribution in [3.05, 3.63) is 35.4 Å². The molecule has 1 amide bonds. The van der Waals surface area contributed by atoms with Gasteiger partial charge < -0.3 is 10.8 Å². The van der Waals surface area contributed by atoms with E-state index in [0.717, 1.165) is 5.56 Å². The van der Waals surface area contributed by atoms with Crippen LogP contribution in [-0.2, 0) is 10.5 Å². The summed E-state index contributed by atoms with van der Waals surface area (Å²) in [6, 6.07) is 6.88. The van der Waals surface area contributed by atoms with E-state index in [4.69, 9.17) is 10.8 Å². The first-order valence-electron chi connectivity index (χ1n) is 4.28. The van der Waals surface area contributed by atoms with E-state index in [1.165, 1.54) is 11.8 Å². The Balaban J connectivity index is 2.58. The van der Waals surface area contributed by atoms with E-state index in [9.17, 15) is 9.59 Å². The summed E-state index contributed by atoms with van der Waals surface area (Å²) in [4.78, 5) is 21.1. The summed E-state index contributed by atoms with van der Waals surface area (Å²) >= 11 is 1.28. The van der Waals surface area contributed by atoms with Gasteiger partial charge in [-0.05, 0) is 17.7 Å². The maximum atomic E-state index is 10.9. The number of nitrogens with two attached hydrogens (primary N) is 1. The van der Waals surface area contributed by atoms with Crippen molar-refractivity contribution in [1.82, 2.24) is 0 Å². The van der Waals surface area contributed by atoms with E-state index < -0.39 is 11.9 Å². The number of thioether (sulfide) groups is 1. The van der Waals surface area contributed by atoms with Crippen LogP contribution in [0, 0.1) is 0 Å². The highest BCUT2D eigenvalue weighted by Crippen LogP contribution is 2.13. The molecule has 1 aromatic rings. The molecule has 0 heterocycles. The number of carbonyl (C=O) groups is 2. The van der Waals surface area contributed by atoms with E-state index >= 15 is 0 Å². The molecule has 0 radical (unpaired) electrons. The molecule has 0 aliphatic heterocycles. The van der Waals surface area contributed by atoms with Crippen LogP contribution in [0.15, 0.2) is 24.3 Å². The van der Waals surface area contributed by atoms with Crippen LogP contribution in [0.2, 0.25) is 0 Å². The molecule has 0 aromatic heterocycles. The molecule has 5 heteroatoms. The quantitative estimate of drug-likeness (QED) is 0.786. The summed E-state index contributed by atoms with van der Waals surface area (Å²) in [6.07, 6.45) is 0. The van der Waals surface area contributed by atoms with Gasteiger partial charge in [-0.2, -0.15) is 0 Å². The number of aliphatic carboxylic acids is 1. The minimum absolute atomic E-state index is 0.0563. The number of carbonyl (C=O) groups excluding carboxylic acids is 1. The van der Waals surface area contributed by atoms with E-state index in [2.05, 4.69) is 0 Å². The van der Waals surface area contributed by atoms with Crippen molar-refractivity contribution in [3.63, 3.8) is 0 Å². The van der Waals surface area contributed by atoms with Gasteiger partial charge in [0.2, 0.25) is 5.91 Å². The van der Waals surface area contributed by atoms with Gasteiger partial charge in [-0.15, -0.1) is 11.8 Å². The number of primary amides is 1. The second-order valence-corrected chi connectivity index (χ2v) is 3.94. The molecular formula is C10H11NO3S. The van der Waals surface area contributed by atoms with E-state index in [1.807, 2.05) is 6.07 Å². The van der Waals surface area contributed by atoms with Gasteiger partial charge in [-0.1, -0.05) is 12.1 Å². The zero-order valence-electron chi connectivity index (χ0n) is 7.97. The molecule has 1 aromatic carbocycles. The first kappa shape index (κ1) is 11.6. The van der Waals surface area contributed by atoms with Crippen LogP contribution >= 0.6 is 11.8 Å². The number of benzene rings is 1. The molecule has 0 aliphatic rings. The van der Waals surface area contributed by atoms with Crippen molar-refractivity contribution in [1.29, 1.82) is 0 Å². The van der Waals surface area contributed by atoms with Crippen LogP contribution in [0.25, 0.3) is 0 Å². The third-order valence-electron chi connectivity index (χ3n) is 1.71. The predicted molar refractivity (Wildman–Crippen MR) is 58.8 cm³/mol. The van der Waals surface area contributed by atoms with Gasteiger partial charge >= 0.3 is 5.97 Å². The van der Waals surface area contributed by atoms with E-state index in [1.54, 1.807) is 18.2 Å². The minimum Gasteiger partial charge on any atom is -0.481 e. The number of carboxylic acid groups (broad SMARTS) is 1. The molecule has 3 N–H and O–H groups in total. The monoisotopic (exact) mass is 225 g/mol. The highest BCUT2D eigenvalue weighted by atomic mass is 32.2. The zero-order chi connectivity index (χ0) is 11.3. The summed E-state index contributed by atoms with van der Waals surface area (Å²) in [6.45, 7) is 0. The van der Waals surface area contributed by atoms with Crippen LogP contribution < -0.4 is 5.73 Å². The van der Waals surface area contributed by atoms with Crippen molar-refractivity contribution in [2.75, 3.05) is 5.75 Å². The van der Waals surface area contributed by atoms with Gasteiger partial charge in [0.15, 0.2) is 0 Å². The van der Waals surface area contributed by atoms with Crippen molar-refractivity contribution in [3.8, 4) is 0 Å². The lowest BCUT2D eigenvalue weighted by Gasteiger charge is -2.01. The second-order valence-electron chi connectivity index (χ2n) is 2.95. The maximum Gasteiger partial charge on any atom is 0.313 e. The summed E-state index contributed by atoms with van der Waals surface area (Å²) in [5, 5.41) is 8.44. The molecule has 0 fully saturated rings. The molecule has 0 unspecified atom stereocenters. The number of amides is 1. The summed E-state index contributed by atoms with van der Waals surface area (Å²) in [7, 11) is 0. The Morgan fingerprint density at radius 1 is 1.40 bits per heavy atom. The molecule has 1 rings (SSSR count). The Bertz CT molecular complexity index is 379. The molecule has 0 aliphatic carbocycles. The van der Waals surface area contributed by atoms with E-state index in [-0.39, 0.29) is 5.75 Å². The second kappa shape index (κ2) is 5.41. The third-order valence-corrected chi connectivity index (χ3v) is 2.69. The van der Waals surface area contributed by atoms with Crippen molar-refractivity contribution >= 4 is 23.6 Å². The lowest BCUT2D eigenvalue weighted by Crippen LogP contribution is -2.10. The van der Waals surface area contributed by atoms with Crippen molar-refractivity contribution < 1.29 is 14.7 Å². The molecular weight excluding hydrogens is 214 g/mol. The summed E-state index contributed by atoms with van der Waals surface area (Å²) < 4.78 is 0. The molecule has 0 atom stereocenters. The lowest BCUT2D eigenvalue weighted by molar-refractivity contribution is -0.133. The van der Waals surface area contributed by atoms with Crippen molar-refractivity contribution in [2.24, 2.45) is 5.73 Å². The highest BCUT2D eigenvalue weighted by molar-refractivity contribution is 7.99. The predicted octanol–water partition coefficient (Wildman–Crippen LogP) is 1.10. The SMILES string of the molecule is NC(=O)c1cccc(CSCC(=O)O)c1. The zero-order valence-corrected chi connectivity index (χ0v) is 8.79. The summed E-state index contributed by atoms with van der Waals surface area (Å²) in [5.41, 5.74) is 6.47. The van der Waals surface area contributed by atoms with Crippen LogP contribution in [0.4, 0.5) is 0 Å². The van der Waals surface area contributed by atoms with E-state index in [0.29, 0.717) is 11.3 Å². The lowest BCUT2D eigenvalue weighted by atomic mass is 10.1. The van der Waals surface area contributed by atoms with Gasteiger partial charge in [0.1, 0.15) is 0 Å². The Morgan fingerprint density at radius 3 is 2.73 bits per heavy atom. The fraction of sp³-hybridized carbons (Fsp3) is 0.200. The van der Waals surface area contributed by atoms with Crippen LogP contribution in [0.3, 0.4) is 0 Å². The first-order valence-corrected chi connectivity index (χ1v) is 5.43. The minimum atomic E-state index is -0.842. The molecule has 0 saturated carbocycles. The van der Waals surface area contributed by atoms with Gasteiger partial charge in [-0.3, -0.25) is 9.59 Å². The largest absolute Gasteiger partial charge is 0.481 e.